The van der Waals surface area contributed by atoms with Gasteiger partial charge >= 0.3 is 5.97 Å². The van der Waals surface area contributed by atoms with Crippen molar-refractivity contribution in [2.45, 2.75) is 45.6 Å². The van der Waals surface area contributed by atoms with Gasteiger partial charge in [-0.05, 0) is 32.2 Å². The van der Waals surface area contributed by atoms with Crippen LogP contribution in [0.15, 0.2) is 0 Å². The lowest BCUT2D eigenvalue weighted by atomic mass is 10.0. The molecule has 1 fully saturated rings. The second kappa shape index (κ2) is 7.36. The van der Waals surface area contributed by atoms with Gasteiger partial charge in [-0.15, -0.1) is 0 Å². The first kappa shape index (κ1) is 15.0. The van der Waals surface area contributed by atoms with E-state index in [1.165, 1.54) is 0 Å². The van der Waals surface area contributed by atoms with Crippen molar-refractivity contribution in [2.75, 3.05) is 19.7 Å². The number of nitrogens with zero attached hydrogens (tertiary/aromatic N) is 1. The highest BCUT2D eigenvalue weighted by Crippen LogP contribution is 2.28. The van der Waals surface area contributed by atoms with Crippen LogP contribution in [-0.4, -0.2) is 42.5 Å². The van der Waals surface area contributed by atoms with E-state index in [1.807, 2.05) is 6.92 Å². The molecule has 0 aromatic rings. The van der Waals surface area contributed by atoms with Gasteiger partial charge in [0.15, 0.2) is 0 Å². The number of ether oxygens (including phenoxy) is 1. The Hall–Kier alpha value is -1.10. The summed E-state index contributed by atoms with van der Waals surface area (Å²) in [6.45, 7) is 4.74. The standard InChI is InChI=1S/C13H24N2O3/c1-3-10(8-14)7-12(16)15(11-5-6-11)9-13(17)18-4-2/h10-11H,3-9,14H2,1-2H3. The van der Waals surface area contributed by atoms with E-state index in [9.17, 15) is 9.59 Å². The van der Waals surface area contributed by atoms with Gasteiger partial charge in [0.2, 0.25) is 5.91 Å². The molecule has 18 heavy (non-hydrogen) atoms. The Balaban J connectivity index is 2.50. The van der Waals surface area contributed by atoms with Crippen LogP contribution in [0.4, 0.5) is 0 Å². The molecule has 0 aromatic heterocycles. The van der Waals surface area contributed by atoms with Gasteiger partial charge in [0.25, 0.3) is 0 Å². The SMILES string of the molecule is CCOC(=O)CN(C(=O)CC(CC)CN)C1CC1. The minimum Gasteiger partial charge on any atom is -0.465 e. The van der Waals surface area contributed by atoms with Crippen LogP contribution in [0.2, 0.25) is 0 Å². The van der Waals surface area contributed by atoms with Crippen LogP contribution in [0.5, 0.6) is 0 Å². The molecule has 1 amide bonds. The largest absolute Gasteiger partial charge is 0.465 e. The highest BCUT2D eigenvalue weighted by atomic mass is 16.5. The van der Waals surface area contributed by atoms with Gasteiger partial charge in [0.1, 0.15) is 6.54 Å². The van der Waals surface area contributed by atoms with Gasteiger partial charge in [-0.2, -0.15) is 0 Å². The van der Waals surface area contributed by atoms with Crippen LogP contribution in [0.1, 0.15) is 39.5 Å². The highest BCUT2D eigenvalue weighted by molar-refractivity contribution is 5.82. The fourth-order valence-corrected chi connectivity index (χ4v) is 1.91. The van der Waals surface area contributed by atoms with Crippen LogP contribution in [-0.2, 0) is 14.3 Å². The van der Waals surface area contributed by atoms with E-state index in [4.69, 9.17) is 10.5 Å². The van der Waals surface area contributed by atoms with Crippen LogP contribution in [0.25, 0.3) is 0 Å². The van der Waals surface area contributed by atoms with Crippen LogP contribution in [0, 0.1) is 5.92 Å². The topological polar surface area (TPSA) is 72.6 Å². The van der Waals surface area contributed by atoms with Gasteiger partial charge in [-0.1, -0.05) is 13.3 Å². The minimum atomic E-state index is -0.321. The van der Waals surface area contributed by atoms with Crippen LogP contribution >= 0.6 is 0 Å². The van der Waals surface area contributed by atoms with E-state index < -0.39 is 0 Å². The number of amides is 1. The van der Waals surface area contributed by atoms with E-state index in [0.29, 0.717) is 19.6 Å². The second-order valence-electron chi connectivity index (χ2n) is 4.77. The molecule has 5 nitrogen and oxygen atoms in total. The lowest BCUT2D eigenvalue weighted by molar-refractivity contribution is -0.149. The number of hydrogen-bond donors (Lipinski definition) is 1. The zero-order chi connectivity index (χ0) is 13.5. The molecule has 0 radical (unpaired) electrons. The van der Waals surface area contributed by atoms with Crippen molar-refractivity contribution in [3.05, 3.63) is 0 Å². The summed E-state index contributed by atoms with van der Waals surface area (Å²) in [7, 11) is 0. The number of nitrogens with two attached hydrogens (primary N) is 1. The fourth-order valence-electron chi connectivity index (χ4n) is 1.91. The first-order chi connectivity index (χ1) is 8.62. The van der Waals surface area contributed by atoms with E-state index >= 15 is 0 Å². The van der Waals surface area contributed by atoms with Crippen LogP contribution in [0.3, 0.4) is 0 Å². The zero-order valence-electron chi connectivity index (χ0n) is 11.4. The van der Waals surface area contributed by atoms with E-state index in [-0.39, 0.29) is 30.4 Å². The first-order valence-electron chi connectivity index (χ1n) is 6.77. The molecule has 0 heterocycles. The molecule has 0 spiro atoms. The quantitative estimate of drug-likeness (QED) is 0.655. The van der Waals surface area contributed by atoms with Crippen molar-refractivity contribution < 1.29 is 14.3 Å². The molecule has 1 unspecified atom stereocenters. The molecule has 1 atom stereocenters. The van der Waals surface area contributed by atoms with Gasteiger partial charge in [-0.3, -0.25) is 9.59 Å². The average Bonchev–Trinajstić information content (AvgIpc) is 3.17. The summed E-state index contributed by atoms with van der Waals surface area (Å²) in [6.07, 6.45) is 3.30. The number of esters is 1. The minimum absolute atomic E-state index is 0.0304. The molecule has 1 rings (SSSR count). The summed E-state index contributed by atoms with van der Waals surface area (Å²) in [5, 5.41) is 0. The van der Waals surface area contributed by atoms with Gasteiger partial charge in [0, 0.05) is 12.5 Å². The molecular formula is C13H24N2O3. The lowest BCUT2D eigenvalue weighted by Gasteiger charge is -2.23. The van der Waals surface area contributed by atoms with E-state index in [0.717, 1.165) is 19.3 Å². The molecule has 1 saturated carbocycles. The molecule has 0 aromatic carbocycles. The summed E-state index contributed by atoms with van der Waals surface area (Å²) in [6, 6.07) is 0.234. The normalized spacial score (nSPS) is 16.2. The molecular weight excluding hydrogens is 232 g/mol. The number of carbonyl (C=O) groups is 2. The molecule has 104 valence electrons. The first-order valence-corrected chi connectivity index (χ1v) is 6.77. The summed E-state index contributed by atoms with van der Waals surface area (Å²) in [5.74, 6) is -0.0812. The average molecular weight is 256 g/mol. The Labute approximate surface area is 109 Å². The van der Waals surface area contributed by atoms with Gasteiger partial charge < -0.3 is 15.4 Å². The molecule has 1 aliphatic rings. The Morgan fingerprint density at radius 3 is 2.50 bits per heavy atom. The van der Waals surface area contributed by atoms with Crippen molar-refractivity contribution >= 4 is 11.9 Å². The maximum atomic E-state index is 12.2. The van der Waals surface area contributed by atoms with Crippen molar-refractivity contribution in [3.8, 4) is 0 Å². The Kier molecular flexibility index (Phi) is 6.12. The molecule has 0 aliphatic heterocycles. The number of hydrogen-bond acceptors (Lipinski definition) is 4. The molecule has 1 aliphatic carbocycles. The summed E-state index contributed by atoms with van der Waals surface area (Å²) in [5.41, 5.74) is 5.61. The van der Waals surface area contributed by atoms with Crippen molar-refractivity contribution in [3.63, 3.8) is 0 Å². The van der Waals surface area contributed by atoms with Crippen molar-refractivity contribution in [1.29, 1.82) is 0 Å². The smallest absolute Gasteiger partial charge is 0.325 e. The summed E-state index contributed by atoms with van der Waals surface area (Å²) in [4.78, 5) is 25.3. The molecule has 0 bridgehead atoms. The predicted molar refractivity (Wildman–Crippen MR) is 68.8 cm³/mol. The van der Waals surface area contributed by atoms with E-state index in [1.54, 1.807) is 11.8 Å². The van der Waals surface area contributed by atoms with Gasteiger partial charge in [-0.25, -0.2) is 0 Å². The molecule has 2 N–H and O–H groups in total. The Morgan fingerprint density at radius 2 is 2.06 bits per heavy atom. The molecule has 5 heteroatoms. The zero-order valence-corrected chi connectivity index (χ0v) is 11.4. The highest BCUT2D eigenvalue weighted by Gasteiger charge is 2.34. The maximum Gasteiger partial charge on any atom is 0.325 e. The maximum absolute atomic E-state index is 12.2. The van der Waals surface area contributed by atoms with E-state index in [2.05, 4.69) is 0 Å². The number of carbonyl (C=O) groups excluding carboxylic acids is 2. The Morgan fingerprint density at radius 1 is 1.39 bits per heavy atom. The van der Waals surface area contributed by atoms with Crippen molar-refractivity contribution in [2.24, 2.45) is 11.7 Å². The third-order valence-corrected chi connectivity index (χ3v) is 3.29. The van der Waals surface area contributed by atoms with Gasteiger partial charge in [0.05, 0.1) is 6.61 Å². The summed E-state index contributed by atoms with van der Waals surface area (Å²) >= 11 is 0. The van der Waals surface area contributed by atoms with Crippen LogP contribution < -0.4 is 5.73 Å². The molecule has 0 saturated heterocycles. The third-order valence-electron chi connectivity index (χ3n) is 3.29. The lowest BCUT2D eigenvalue weighted by Crippen LogP contribution is -2.39. The summed E-state index contributed by atoms with van der Waals surface area (Å²) < 4.78 is 4.90. The second-order valence-corrected chi connectivity index (χ2v) is 4.77. The van der Waals surface area contributed by atoms with Crippen molar-refractivity contribution in [1.82, 2.24) is 4.90 Å². The fraction of sp³-hybridized carbons (Fsp3) is 0.846. The predicted octanol–water partition coefficient (Wildman–Crippen LogP) is 0.915. The number of rotatable bonds is 8. The monoisotopic (exact) mass is 256 g/mol. The third kappa shape index (κ3) is 4.64. The Bertz CT molecular complexity index is 286.